The van der Waals surface area contributed by atoms with Crippen molar-refractivity contribution in [1.82, 2.24) is 25.4 Å². The van der Waals surface area contributed by atoms with Gasteiger partial charge in [-0.1, -0.05) is 11.8 Å². The molecule has 0 aliphatic carbocycles. The van der Waals surface area contributed by atoms with Gasteiger partial charge in [0, 0.05) is 18.2 Å². The number of hydrogen-bond donors (Lipinski definition) is 2. The molecule has 8 heteroatoms. The van der Waals surface area contributed by atoms with Crippen molar-refractivity contribution in [2.24, 2.45) is 5.92 Å². The van der Waals surface area contributed by atoms with Crippen molar-refractivity contribution in [2.75, 3.05) is 25.4 Å². The second-order valence-corrected chi connectivity index (χ2v) is 7.03. The van der Waals surface area contributed by atoms with E-state index in [0.29, 0.717) is 6.54 Å². The van der Waals surface area contributed by atoms with Gasteiger partial charge in [0.25, 0.3) is 0 Å². The molecule has 0 saturated carbocycles. The number of furan rings is 1. The molecule has 0 spiro atoms. The lowest BCUT2D eigenvalue weighted by Crippen LogP contribution is -2.40. The number of thioether (sulfide) groups is 1. The highest BCUT2D eigenvalue weighted by atomic mass is 32.2. The molecule has 0 radical (unpaired) electrons. The largest absolute Gasteiger partial charge is 0.468 e. The zero-order valence-corrected chi connectivity index (χ0v) is 14.6. The Kier molecular flexibility index (Phi) is 5.92. The summed E-state index contributed by atoms with van der Waals surface area (Å²) in [6.07, 6.45) is 3.51. The third-order valence-corrected chi connectivity index (χ3v) is 4.98. The van der Waals surface area contributed by atoms with E-state index in [4.69, 9.17) is 4.42 Å². The topological polar surface area (TPSA) is 87.1 Å². The Hall–Kier alpha value is -1.80. The van der Waals surface area contributed by atoms with Crippen LogP contribution in [0.2, 0.25) is 0 Å². The van der Waals surface area contributed by atoms with Crippen LogP contribution in [0.4, 0.5) is 0 Å². The number of aromatic amines is 1. The van der Waals surface area contributed by atoms with E-state index < -0.39 is 0 Å². The minimum absolute atomic E-state index is 0.119. The van der Waals surface area contributed by atoms with Gasteiger partial charge in [0.1, 0.15) is 11.6 Å². The number of piperidine rings is 1. The van der Waals surface area contributed by atoms with Crippen LogP contribution in [0.25, 0.3) is 0 Å². The first-order valence-corrected chi connectivity index (χ1v) is 9.23. The molecule has 3 rings (SSSR count). The monoisotopic (exact) mass is 349 g/mol. The highest BCUT2D eigenvalue weighted by Crippen LogP contribution is 2.19. The molecule has 2 N–H and O–H groups in total. The molecule has 7 nitrogen and oxygen atoms in total. The van der Waals surface area contributed by atoms with E-state index in [2.05, 4.69) is 25.4 Å². The molecule has 24 heavy (non-hydrogen) atoms. The molecule has 0 bridgehead atoms. The lowest BCUT2D eigenvalue weighted by molar-refractivity contribution is -0.126. The first kappa shape index (κ1) is 17.0. The van der Waals surface area contributed by atoms with Crippen molar-refractivity contribution >= 4 is 17.7 Å². The van der Waals surface area contributed by atoms with Crippen molar-refractivity contribution < 1.29 is 9.21 Å². The Labute approximate surface area is 145 Å². The first-order valence-electron chi connectivity index (χ1n) is 8.25. The molecule has 1 fully saturated rings. The summed E-state index contributed by atoms with van der Waals surface area (Å²) in [5.74, 6) is 2.86. The van der Waals surface area contributed by atoms with E-state index in [0.717, 1.165) is 55.0 Å². The fourth-order valence-corrected chi connectivity index (χ4v) is 3.52. The van der Waals surface area contributed by atoms with Crippen molar-refractivity contribution in [3.8, 4) is 0 Å². The fraction of sp³-hybridized carbons (Fsp3) is 0.562. The third-order valence-electron chi connectivity index (χ3n) is 4.13. The van der Waals surface area contributed by atoms with Crippen molar-refractivity contribution in [3.63, 3.8) is 0 Å². The van der Waals surface area contributed by atoms with Crippen molar-refractivity contribution in [2.45, 2.75) is 31.5 Å². The number of amides is 1. The molecule has 2 aromatic rings. The lowest BCUT2D eigenvalue weighted by Gasteiger charge is -2.30. The Bertz CT molecular complexity index is 635. The zero-order valence-electron chi connectivity index (χ0n) is 13.8. The SMILES string of the molecule is Cc1nc(SCCNC(=O)C2CCN(Cc3ccco3)CC2)n[nH]1. The summed E-state index contributed by atoms with van der Waals surface area (Å²) >= 11 is 1.55. The summed E-state index contributed by atoms with van der Waals surface area (Å²) in [7, 11) is 0. The van der Waals surface area contributed by atoms with Crippen LogP contribution in [-0.4, -0.2) is 51.4 Å². The van der Waals surface area contributed by atoms with Crippen LogP contribution in [0.3, 0.4) is 0 Å². The number of aryl methyl sites for hydroxylation is 1. The lowest BCUT2D eigenvalue weighted by atomic mass is 9.96. The summed E-state index contributed by atoms with van der Waals surface area (Å²) in [6, 6.07) is 3.90. The van der Waals surface area contributed by atoms with Crippen molar-refractivity contribution in [3.05, 3.63) is 30.0 Å². The maximum atomic E-state index is 12.2. The van der Waals surface area contributed by atoms with Gasteiger partial charge in [0.2, 0.25) is 11.1 Å². The fourth-order valence-electron chi connectivity index (χ4n) is 2.82. The van der Waals surface area contributed by atoms with Gasteiger partial charge in [-0.05, 0) is 45.0 Å². The van der Waals surface area contributed by atoms with Crippen LogP contribution < -0.4 is 5.32 Å². The van der Waals surface area contributed by atoms with E-state index in [1.54, 1.807) is 18.0 Å². The summed E-state index contributed by atoms with van der Waals surface area (Å²) in [5.41, 5.74) is 0. The zero-order chi connectivity index (χ0) is 16.8. The van der Waals surface area contributed by atoms with Gasteiger partial charge in [0.05, 0.1) is 12.8 Å². The summed E-state index contributed by atoms with van der Waals surface area (Å²) in [6.45, 7) is 5.21. The van der Waals surface area contributed by atoms with Crippen LogP contribution in [0.5, 0.6) is 0 Å². The molecule has 1 aliphatic rings. The molecule has 0 aromatic carbocycles. The number of H-pyrrole nitrogens is 1. The Morgan fingerprint density at radius 2 is 2.33 bits per heavy atom. The standard InChI is InChI=1S/C16H23N5O2S/c1-12-18-16(20-19-12)24-10-6-17-15(22)13-4-7-21(8-5-13)11-14-3-2-9-23-14/h2-3,9,13H,4-8,10-11H2,1H3,(H,17,22)(H,18,19,20). The number of hydrogen-bond acceptors (Lipinski definition) is 6. The molecule has 0 unspecified atom stereocenters. The predicted molar refractivity (Wildman–Crippen MR) is 91.6 cm³/mol. The van der Waals surface area contributed by atoms with E-state index >= 15 is 0 Å². The van der Waals surface area contributed by atoms with E-state index in [9.17, 15) is 4.79 Å². The maximum Gasteiger partial charge on any atom is 0.223 e. The summed E-state index contributed by atoms with van der Waals surface area (Å²) in [4.78, 5) is 18.8. The van der Waals surface area contributed by atoms with Crippen LogP contribution in [-0.2, 0) is 11.3 Å². The quantitative estimate of drug-likeness (QED) is 0.586. The molecule has 1 saturated heterocycles. The molecule has 2 aromatic heterocycles. The minimum atomic E-state index is 0.119. The van der Waals surface area contributed by atoms with E-state index in [-0.39, 0.29) is 11.8 Å². The van der Waals surface area contributed by atoms with Gasteiger partial charge in [0.15, 0.2) is 0 Å². The molecule has 0 atom stereocenters. The first-order chi connectivity index (χ1) is 11.7. The molecular formula is C16H23N5O2S. The Morgan fingerprint density at radius 3 is 3.00 bits per heavy atom. The molecule has 3 heterocycles. The highest BCUT2D eigenvalue weighted by molar-refractivity contribution is 7.99. The van der Waals surface area contributed by atoms with Gasteiger partial charge < -0.3 is 9.73 Å². The molecule has 1 aliphatic heterocycles. The highest BCUT2D eigenvalue weighted by Gasteiger charge is 2.25. The van der Waals surface area contributed by atoms with Gasteiger partial charge in [-0.3, -0.25) is 14.8 Å². The normalized spacial score (nSPS) is 16.4. The maximum absolute atomic E-state index is 12.2. The van der Waals surface area contributed by atoms with Crippen LogP contribution in [0, 0.1) is 12.8 Å². The molecular weight excluding hydrogens is 326 g/mol. The second kappa shape index (κ2) is 8.34. The predicted octanol–water partition coefficient (Wildman–Crippen LogP) is 1.83. The molecule has 130 valence electrons. The average Bonchev–Trinajstić information content (AvgIpc) is 3.24. The number of likely N-dealkylation sites (tertiary alicyclic amines) is 1. The van der Waals surface area contributed by atoms with Gasteiger partial charge in [-0.15, -0.1) is 5.10 Å². The van der Waals surface area contributed by atoms with Gasteiger partial charge >= 0.3 is 0 Å². The smallest absolute Gasteiger partial charge is 0.223 e. The van der Waals surface area contributed by atoms with Gasteiger partial charge in [-0.25, -0.2) is 4.98 Å². The van der Waals surface area contributed by atoms with Gasteiger partial charge in [-0.2, -0.15) is 0 Å². The van der Waals surface area contributed by atoms with Crippen molar-refractivity contribution in [1.29, 1.82) is 0 Å². The number of nitrogens with one attached hydrogen (secondary N) is 2. The van der Waals surface area contributed by atoms with Crippen LogP contribution >= 0.6 is 11.8 Å². The number of carbonyl (C=O) groups is 1. The number of rotatable bonds is 7. The second-order valence-electron chi connectivity index (χ2n) is 5.97. The van der Waals surface area contributed by atoms with E-state index in [1.165, 1.54) is 0 Å². The summed E-state index contributed by atoms with van der Waals surface area (Å²) in [5, 5.41) is 10.6. The average molecular weight is 349 g/mol. The Balaban J connectivity index is 1.31. The number of aromatic nitrogens is 3. The van der Waals surface area contributed by atoms with Crippen LogP contribution in [0.1, 0.15) is 24.4 Å². The number of carbonyl (C=O) groups excluding carboxylic acids is 1. The Morgan fingerprint density at radius 1 is 1.50 bits per heavy atom. The summed E-state index contributed by atoms with van der Waals surface area (Å²) < 4.78 is 5.38. The minimum Gasteiger partial charge on any atom is -0.468 e. The molecule has 1 amide bonds. The number of nitrogens with zero attached hydrogens (tertiary/aromatic N) is 3. The van der Waals surface area contributed by atoms with Crippen LogP contribution in [0.15, 0.2) is 28.0 Å². The van der Waals surface area contributed by atoms with E-state index in [1.807, 2.05) is 19.1 Å². The third kappa shape index (κ3) is 4.85.